The van der Waals surface area contributed by atoms with Crippen LogP contribution in [0.3, 0.4) is 0 Å². The molecule has 3 aromatic rings. The lowest BCUT2D eigenvalue weighted by Crippen LogP contribution is -2.25. The second kappa shape index (κ2) is 5.69. The molecule has 7 heteroatoms. The highest BCUT2D eigenvalue weighted by atomic mass is 35.5. The van der Waals surface area contributed by atoms with E-state index < -0.39 is 0 Å². The van der Waals surface area contributed by atoms with Gasteiger partial charge in [-0.3, -0.25) is 9.48 Å². The number of fused-ring (bicyclic) bond motifs is 1. The fourth-order valence-electron chi connectivity index (χ4n) is 3.34. The number of hydrogen-bond acceptors (Lipinski definition) is 4. The Kier molecular flexibility index (Phi) is 3.51. The molecule has 4 rings (SSSR count). The van der Waals surface area contributed by atoms with Gasteiger partial charge in [-0.15, -0.1) is 0 Å². The van der Waals surface area contributed by atoms with Crippen molar-refractivity contribution >= 4 is 28.2 Å². The lowest BCUT2D eigenvalue weighted by Gasteiger charge is -2.22. The van der Waals surface area contributed by atoms with Gasteiger partial charge in [-0.1, -0.05) is 11.6 Å². The van der Waals surface area contributed by atoms with E-state index >= 15 is 0 Å². The fraction of sp³-hybridized carbons (Fsp3) is 0.235. The van der Waals surface area contributed by atoms with E-state index in [2.05, 4.69) is 21.1 Å². The molecule has 1 N–H and O–H groups in total. The number of benzene rings is 1. The average molecular weight is 340 g/mol. The molecular weight excluding hydrogens is 326 g/mol. The molecule has 1 aliphatic rings. The average Bonchev–Trinajstić information content (AvgIpc) is 3.25. The summed E-state index contributed by atoms with van der Waals surface area (Å²) in [6, 6.07) is 9.46. The number of pyridine rings is 1. The van der Waals surface area contributed by atoms with Gasteiger partial charge in [-0.05, 0) is 30.7 Å². The maximum Gasteiger partial charge on any atom is 0.268 e. The number of nitrogens with one attached hydrogen (secondary N) is 1. The van der Waals surface area contributed by atoms with Crippen LogP contribution in [0.15, 0.2) is 41.5 Å². The third-order valence-corrected chi connectivity index (χ3v) is 4.67. The van der Waals surface area contributed by atoms with Crippen LogP contribution in [0.4, 0.5) is 5.69 Å². The molecule has 3 heterocycles. The normalized spacial score (nSPS) is 17.3. The lowest BCUT2D eigenvalue weighted by atomic mass is 10.1. The number of aromatic nitrogens is 3. The summed E-state index contributed by atoms with van der Waals surface area (Å²) in [5.41, 5.74) is 1.10. The van der Waals surface area contributed by atoms with Gasteiger partial charge in [-0.25, -0.2) is 0 Å². The number of rotatable bonds is 2. The molecule has 120 valence electrons. The van der Waals surface area contributed by atoms with E-state index in [0.29, 0.717) is 22.8 Å². The predicted octanol–water partition coefficient (Wildman–Crippen LogP) is 2.70. The Morgan fingerprint density at radius 1 is 1.42 bits per heavy atom. The zero-order valence-corrected chi connectivity index (χ0v) is 13.5. The second-order valence-electron chi connectivity index (χ2n) is 5.85. The monoisotopic (exact) mass is 339 g/mol. The zero-order valence-electron chi connectivity index (χ0n) is 12.7. The number of halogens is 1. The summed E-state index contributed by atoms with van der Waals surface area (Å²) in [6.45, 7) is 1.45. The van der Waals surface area contributed by atoms with Crippen LogP contribution in [-0.2, 0) is 0 Å². The zero-order chi connectivity index (χ0) is 16.7. The molecule has 1 aliphatic heterocycles. The molecular formula is C17H14ClN5O. The first kappa shape index (κ1) is 14.8. The van der Waals surface area contributed by atoms with Crippen molar-refractivity contribution in [2.45, 2.75) is 12.5 Å². The van der Waals surface area contributed by atoms with E-state index in [1.165, 1.54) is 0 Å². The Balaban J connectivity index is 1.85. The first-order valence-corrected chi connectivity index (χ1v) is 8.05. The summed E-state index contributed by atoms with van der Waals surface area (Å²) in [4.78, 5) is 17.1. The van der Waals surface area contributed by atoms with Crippen LogP contribution in [0.2, 0.25) is 5.02 Å². The minimum absolute atomic E-state index is 0.130. The Morgan fingerprint density at radius 2 is 2.29 bits per heavy atom. The highest BCUT2D eigenvalue weighted by Gasteiger charge is 2.28. The summed E-state index contributed by atoms with van der Waals surface area (Å²) >= 11 is 6.14. The molecule has 0 radical (unpaired) electrons. The van der Waals surface area contributed by atoms with Crippen LogP contribution >= 0.6 is 11.6 Å². The first-order chi connectivity index (χ1) is 11.7. The van der Waals surface area contributed by atoms with Crippen LogP contribution < -0.4 is 10.5 Å². The van der Waals surface area contributed by atoms with Gasteiger partial charge in [0.25, 0.3) is 5.56 Å². The van der Waals surface area contributed by atoms with Crippen LogP contribution in [0.25, 0.3) is 10.9 Å². The second-order valence-corrected chi connectivity index (χ2v) is 6.29. The molecule has 1 aromatic carbocycles. The molecule has 24 heavy (non-hydrogen) atoms. The smallest absolute Gasteiger partial charge is 0.268 e. The van der Waals surface area contributed by atoms with Gasteiger partial charge >= 0.3 is 0 Å². The van der Waals surface area contributed by atoms with E-state index in [0.717, 1.165) is 18.4 Å². The molecule has 0 unspecified atom stereocenters. The van der Waals surface area contributed by atoms with E-state index in [4.69, 9.17) is 11.6 Å². The molecule has 1 fully saturated rings. The summed E-state index contributed by atoms with van der Waals surface area (Å²) < 4.78 is 1.92. The fourth-order valence-corrected chi connectivity index (χ4v) is 3.51. The Bertz CT molecular complexity index is 1000. The van der Waals surface area contributed by atoms with Crippen molar-refractivity contribution in [2.75, 3.05) is 18.0 Å². The van der Waals surface area contributed by atoms with Gasteiger partial charge in [0.05, 0.1) is 17.2 Å². The van der Waals surface area contributed by atoms with Crippen LogP contribution in [0.1, 0.15) is 18.0 Å². The first-order valence-electron chi connectivity index (χ1n) is 7.67. The number of aromatic amines is 1. The van der Waals surface area contributed by atoms with Gasteiger partial charge in [0, 0.05) is 35.9 Å². The Hall–Kier alpha value is -2.78. The third-order valence-electron chi connectivity index (χ3n) is 4.44. The highest BCUT2D eigenvalue weighted by Crippen LogP contribution is 2.34. The standard InChI is InChI=1S/C17H14ClN5O/c18-11-2-3-15-13(8-11)16(14(9-19)17(24)21-15)22-7-4-12(10-22)23-6-1-5-20-23/h1-3,5-6,8,12H,4,7,10H2,(H,21,24)/t12-/m1/s1. The minimum atomic E-state index is -0.370. The van der Waals surface area contributed by atoms with Gasteiger partial charge in [0.2, 0.25) is 0 Å². The van der Waals surface area contributed by atoms with E-state index in [1.807, 2.05) is 16.9 Å². The van der Waals surface area contributed by atoms with Crippen LogP contribution in [-0.4, -0.2) is 27.9 Å². The van der Waals surface area contributed by atoms with E-state index in [-0.39, 0.29) is 17.2 Å². The summed E-state index contributed by atoms with van der Waals surface area (Å²) in [6.07, 6.45) is 4.60. The third kappa shape index (κ3) is 2.34. The van der Waals surface area contributed by atoms with E-state index in [9.17, 15) is 10.1 Å². The lowest BCUT2D eigenvalue weighted by molar-refractivity contribution is 0.495. The molecule has 2 aromatic heterocycles. The maximum atomic E-state index is 12.3. The Labute approximate surface area is 142 Å². The van der Waals surface area contributed by atoms with Gasteiger partial charge in [-0.2, -0.15) is 10.4 Å². The summed E-state index contributed by atoms with van der Waals surface area (Å²) in [7, 11) is 0. The molecule has 0 saturated carbocycles. The van der Waals surface area contributed by atoms with Gasteiger partial charge < -0.3 is 9.88 Å². The SMILES string of the molecule is N#Cc1c(N2CC[C@@H](n3cccn3)C2)c2cc(Cl)ccc2[nH]c1=O. The number of H-pyrrole nitrogens is 1. The quantitative estimate of drug-likeness (QED) is 0.778. The molecule has 6 nitrogen and oxygen atoms in total. The van der Waals surface area contributed by atoms with Crippen molar-refractivity contribution in [1.29, 1.82) is 5.26 Å². The maximum absolute atomic E-state index is 12.3. The van der Waals surface area contributed by atoms with Crippen LogP contribution in [0, 0.1) is 11.3 Å². The molecule has 0 amide bonds. The van der Waals surface area contributed by atoms with Crippen molar-refractivity contribution in [3.05, 3.63) is 57.6 Å². The molecule has 0 spiro atoms. The highest BCUT2D eigenvalue weighted by molar-refractivity contribution is 6.31. The van der Waals surface area contributed by atoms with Crippen molar-refractivity contribution in [2.24, 2.45) is 0 Å². The van der Waals surface area contributed by atoms with Crippen molar-refractivity contribution in [1.82, 2.24) is 14.8 Å². The van der Waals surface area contributed by atoms with Crippen molar-refractivity contribution < 1.29 is 0 Å². The molecule has 0 aliphatic carbocycles. The van der Waals surface area contributed by atoms with Gasteiger partial charge in [0.1, 0.15) is 11.6 Å². The number of anilines is 1. The summed E-state index contributed by atoms with van der Waals surface area (Å²) in [5.74, 6) is 0. The number of hydrogen-bond donors (Lipinski definition) is 1. The number of nitrogens with zero attached hydrogens (tertiary/aromatic N) is 4. The largest absolute Gasteiger partial charge is 0.368 e. The topological polar surface area (TPSA) is 77.7 Å². The van der Waals surface area contributed by atoms with Gasteiger partial charge in [0.15, 0.2) is 0 Å². The Morgan fingerprint density at radius 3 is 3.04 bits per heavy atom. The van der Waals surface area contributed by atoms with Crippen molar-refractivity contribution in [3.63, 3.8) is 0 Å². The molecule has 1 atom stereocenters. The van der Waals surface area contributed by atoms with Crippen molar-refractivity contribution in [3.8, 4) is 6.07 Å². The van der Waals surface area contributed by atoms with E-state index in [1.54, 1.807) is 24.4 Å². The predicted molar refractivity (Wildman–Crippen MR) is 92.4 cm³/mol. The molecule has 1 saturated heterocycles. The minimum Gasteiger partial charge on any atom is -0.368 e. The number of nitriles is 1. The van der Waals surface area contributed by atoms with Crippen LogP contribution in [0.5, 0.6) is 0 Å². The molecule has 0 bridgehead atoms. The summed E-state index contributed by atoms with van der Waals surface area (Å²) in [5, 5.41) is 15.2.